The first-order chi connectivity index (χ1) is 8.79. The van der Waals surface area contributed by atoms with Gasteiger partial charge in [0.25, 0.3) is 0 Å². The highest BCUT2D eigenvalue weighted by molar-refractivity contribution is 6.31. The van der Waals surface area contributed by atoms with Crippen molar-refractivity contribution in [2.45, 2.75) is 53.2 Å². The van der Waals surface area contributed by atoms with Gasteiger partial charge in [-0.1, -0.05) is 11.6 Å². The number of rotatable bonds is 5. The fourth-order valence-electron chi connectivity index (χ4n) is 1.66. The van der Waals surface area contributed by atoms with Crippen LogP contribution in [0.5, 0.6) is 5.75 Å². The van der Waals surface area contributed by atoms with E-state index in [-0.39, 0.29) is 24.6 Å². The Labute approximate surface area is 119 Å². The minimum absolute atomic E-state index is 0.0421. The van der Waals surface area contributed by atoms with Crippen LogP contribution in [-0.4, -0.2) is 18.2 Å². The molecule has 0 fully saturated rings. The lowest BCUT2D eigenvalue weighted by Crippen LogP contribution is -2.15. The smallest absolute Gasteiger partial charge is 0.310 e. The highest BCUT2D eigenvalue weighted by Gasteiger charge is 2.14. The van der Waals surface area contributed by atoms with Gasteiger partial charge in [0.2, 0.25) is 0 Å². The summed E-state index contributed by atoms with van der Waals surface area (Å²) >= 11 is 6.10. The topological polar surface area (TPSA) is 35.5 Å². The summed E-state index contributed by atoms with van der Waals surface area (Å²) in [5, 5.41) is 0.628. The number of carbonyl (C=O) groups is 1. The van der Waals surface area contributed by atoms with E-state index >= 15 is 0 Å². The average molecular weight is 285 g/mol. The SMILES string of the molecule is Cc1cc(OC(C)C)c(CC(=O)OC(C)C)cc1Cl. The number of carbonyl (C=O) groups excluding carboxylic acids is 1. The summed E-state index contributed by atoms with van der Waals surface area (Å²) in [6.07, 6.45) is 0.0867. The molecule has 0 saturated heterocycles. The number of hydrogen-bond donors (Lipinski definition) is 0. The number of ether oxygens (including phenoxy) is 2. The Bertz CT molecular complexity index is 453. The maximum absolute atomic E-state index is 11.7. The largest absolute Gasteiger partial charge is 0.491 e. The van der Waals surface area contributed by atoms with Crippen molar-refractivity contribution in [3.8, 4) is 5.75 Å². The maximum Gasteiger partial charge on any atom is 0.310 e. The molecule has 0 N–H and O–H groups in total. The van der Waals surface area contributed by atoms with Gasteiger partial charge in [-0.25, -0.2) is 0 Å². The summed E-state index contributed by atoms with van der Waals surface area (Å²) in [7, 11) is 0. The van der Waals surface area contributed by atoms with Crippen LogP contribution < -0.4 is 4.74 Å². The van der Waals surface area contributed by atoms with Crippen molar-refractivity contribution in [1.82, 2.24) is 0 Å². The normalized spacial score (nSPS) is 10.9. The van der Waals surface area contributed by atoms with Crippen molar-refractivity contribution in [2.75, 3.05) is 0 Å². The molecule has 0 aromatic heterocycles. The van der Waals surface area contributed by atoms with Crippen LogP contribution >= 0.6 is 11.6 Å². The van der Waals surface area contributed by atoms with Crippen LogP contribution in [0.25, 0.3) is 0 Å². The molecule has 0 amide bonds. The van der Waals surface area contributed by atoms with Gasteiger partial charge in [-0.3, -0.25) is 4.79 Å². The average Bonchev–Trinajstić information content (AvgIpc) is 2.23. The van der Waals surface area contributed by atoms with Gasteiger partial charge >= 0.3 is 5.97 Å². The summed E-state index contributed by atoms with van der Waals surface area (Å²) in [6, 6.07) is 3.64. The number of esters is 1. The first-order valence-corrected chi connectivity index (χ1v) is 6.82. The van der Waals surface area contributed by atoms with Crippen LogP contribution in [-0.2, 0) is 16.0 Å². The van der Waals surface area contributed by atoms with Crippen molar-refractivity contribution in [2.24, 2.45) is 0 Å². The van der Waals surface area contributed by atoms with E-state index in [9.17, 15) is 4.79 Å². The molecule has 3 nitrogen and oxygen atoms in total. The molecule has 0 radical (unpaired) electrons. The van der Waals surface area contributed by atoms with Crippen molar-refractivity contribution in [3.63, 3.8) is 0 Å². The lowest BCUT2D eigenvalue weighted by atomic mass is 10.1. The standard InChI is InChI=1S/C15H21ClO3/c1-9(2)18-14-6-11(5)13(16)7-12(14)8-15(17)19-10(3)4/h6-7,9-10H,8H2,1-5H3. The van der Waals surface area contributed by atoms with Gasteiger partial charge in [-0.2, -0.15) is 0 Å². The summed E-state index contributed by atoms with van der Waals surface area (Å²) in [4.78, 5) is 11.7. The van der Waals surface area contributed by atoms with E-state index < -0.39 is 0 Å². The van der Waals surface area contributed by atoms with E-state index in [1.54, 1.807) is 6.07 Å². The van der Waals surface area contributed by atoms with E-state index in [2.05, 4.69) is 0 Å². The van der Waals surface area contributed by atoms with Gasteiger partial charge < -0.3 is 9.47 Å². The molecular formula is C15H21ClO3. The van der Waals surface area contributed by atoms with Crippen molar-refractivity contribution < 1.29 is 14.3 Å². The van der Waals surface area contributed by atoms with Crippen molar-refractivity contribution >= 4 is 17.6 Å². The van der Waals surface area contributed by atoms with Crippen molar-refractivity contribution in [3.05, 3.63) is 28.3 Å². The number of halogens is 1. The number of hydrogen-bond acceptors (Lipinski definition) is 3. The third-order valence-electron chi connectivity index (χ3n) is 2.41. The molecule has 0 aliphatic heterocycles. The molecule has 0 atom stereocenters. The molecule has 0 spiro atoms. The Kier molecular flexibility index (Phi) is 5.67. The molecule has 1 aromatic rings. The fourth-order valence-corrected chi connectivity index (χ4v) is 1.84. The third-order valence-corrected chi connectivity index (χ3v) is 2.81. The van der Waals surface area contributed by atoms with Crippen LogP contribution in [0.2, 0.25) is 5.02 Å². The summed E-state index contributed by atoms with van der Waals surface area (Å²) in [5.74, 6) is 0.418. The zero-order valence-electron chi connectivity index (χ0n) is 12.1. The molecule has 0 saturated carbocycles. The van der Waals surface area contributed by atoms with E-state index in [1.807, 2.05) is 40.7 Å². The van der Waals surface area contributed by atoms with E-state index in [0.717, 1.165) is 11.1 Å². The fraction of sp³-hybridized carbons (Fsp3) is 0.533. The molecule has 0 aliphatic carbocycles. The van der Waals surface area contributed by atoms with Gasteiger partial charge in [-0.05, 0) is 52.3 Å². The predicted molar refractivity (Wildman–Crippen MR) is 76.9 cm³/mol. The second-order valence-electron chi connectivity index (χ2n) is 5.09. The van der Waals surface area contributed by atoms with Crippen LogP contribution in [0.15, 0.2) is 12.1 Å². The Morgan fingerprint density at radius 3 is 2.37 bits per heavy atom. The first-order valence-electron chi connectivity index (χ1n) is 6.44. The van der Waals surface area contributed by atoms with E-state index in [1.165, 1.54) is 0 Å². The Balaban J connectivity index is 2.97. The molecule has 19 heavy (non-hydrogen) atoms. The lowest BCUT2D eigenvalue weighted by molar-refractivity contribution is -0.146. The lowest BCUT2D eigenvalue weighted by Gasteiger charge is -2.16. The quantitative estimate of drug-likeness (QED) is 0.769. The van der Waals surface area contributed by atoms with Gasteiger partial charge in [-0.15, -0.1) is 0 Å². The summed E-state index contributed by atoms with van der Waals surface area (Å²) in [5.41, 5.74) is 1.69. The molecule has 0 bridgehead atoms. The minimum Gasteiger partial charge on any atom is -0.491 e. The zero-order chi connectivity index (χ0) is 14.6. The number of aryl methyl sites for hydroxylation is 1. The molecule has 4 heteroatoms. The molecule has 1 aromatic carbocycles. The molecule has 1 rings (SSSR count). The maximum atomic E-state index is 11.7. The highest BCUT2D eigenvalue weighted by Crippen LogP contribution is 2.28. The monoisotopic (exact) mass is 284 g/mol. The van der Waals surface area contributed by atoms with Gasteiger partial charge in [0.15, 0.2) is 0 Å². The summed E-state index contributed by atoms with van der Waals surface area (Å²) < 4.78 is 10.9. The highest BCUT2D eigenvalue weighted by atomic mass is 35.5. The summed E-state index contributed by atoms with van der Waals surface area (Å²) in [6.45, 7) is 9.45. The van der Waals surface area contributed by atoms with Crippen LogP contribution in [0.1, 0.15) is 38.8 Å². The Morgan fingerprint density at radius 2 is 1.84 bits per heavy atom. The minimum atomic E-state index is -0.275. The molecule has 0 aliphatic rings. The molecule has 0 unspecified atom stereocenters. The molecular weight excluding hydrogens is 264 g/mol. The number of benzene rings is 1. The van der Waals surface area contributed by atoms with Crippen LogP contribution in [0.4, 0.5) is 0 Å². The first kappa shape index (κ1) is 15.8. The van der Waals surface area contributed by atoms with E-state index in [4.69, 9.17) is 21.1 Å². The third kappa shape index (κ3) is 5.11. The molecule has 106 valence electrons. The Hall–Kier alpha value is -1.22. The van der Waals surface area contributed by atoms with Gasteiger partial charge in [0.05, 0.1) is 18.6 Å². The second-order valence-corrected chi connectivity index (χ2v) is 5.50. The molecule has 0 heterocycles. The zero-order valence-corrected chi connectivity index (χ0v) is 12.9. The Morgan fingerprint density at radius 1 is 1.21 bits per heavy atom. The van der Waals surface area contributed by atoms with Gasteiger partial charge in [0, 0.05) is 10.6 Å². The predicted octanol–water partition coefficient (Wildman–Crippen LogP) is 3.93. The van der Waals surface area contributed by atoms with Crippen molar-refractivity contribution in [1.29, 1.82) is 0 Å². The van der Waals surface area contributed by atoms with Crippen LogP contribution in [0, 0.1) is 6.92 Å². The van der Waals surface area contributed by atoms with Gasteiger partial charge in [0.1, 0.15) is 5.75 Å². The van der Waals surface area contributed by atoms with E-state index in [0.29, 0.717) is 10.8 Å². The van der Waals surface area contributed by atoms with Crippen LogP contribution in [0.3, 0.4) is 0 Å². The second kappa shape index (κ2) is 6.80.